The van der Waals surface area contributed by atoms with E-state index < -0.39 is 0 Å². The minimum atomic E-state index is -0.352. The molecule has 0 radical (unpaired) electrons. The van der Waals surface area contributed by atoms with Gasteiger partial charge in [0.25, 0.3) is 0 Å². The molecule has 0 bridgehead atoms. The highest BCUT2D eigenvalue weighted by atomic mass is 16.2. The Morgan fingerprint density at radius 3 is 2.57 bits per heavy atom. The van der Waals surface area contributed by atoms with Crippen LogP contribution < -0.4 is 5.32 Å². The lowest BCUT2D eigenvalue weighted by Gasteiger charge is -2.15. The maximum absolute atomic E-state index is 12.4. The first-order valence-electron chi connectivity index (χ1n) is 7.66. The molecule has 1 amide bonds. The number of anilines is 1. The van der Waals surface area contributed by atoms with Gasteiger partial charge >= 0.3 is 0 Å². The van der Waals surface area contributed by atoms with Crippen molar-refractivity contribution in [2.75, 3.05) is 5.32 Å². The Morgan fingerprint density at radius 2 is 1.83 bits per heavy atom. The Kier molecular flexibility index (Phi) is 4.52. The summed E-state index contributed by atoms with van der Waals surface area (Å²) < 4.78 is 1.65. The summed E-state index contributed by atoms with van der Waals surface area (Å²) in [6.07, 6.45) is 4.25. The molecule has 1 aromatic heterocycles. The van der Waals surface area contributed by atoms with Crippen LogP contribution in [0.15, 0.2) is 73.1 Å². The number of hydrogen-bond donors (Lipinski definition) is 1. The molecule has 23 heavy (non-hydrogen) atoms. The van der Waals surface area contributed by atoms with E-state index in [0.29, 0.717) is 0 Å². The number of nitrogens with one attached hydrogen (secondary N) is 1. The van der Waals surface area contributed by atoms with Crippen molar-refractivity contribution in [2.45, 2.75) is 19.4 Å². The van der Waals surface area contributed by atoms with Crippen LogP contribution >= 0.6 is 0 Å². The van der Waals surface area contributed by atoms with Gasteiger partial charge in [-0.2, -0.15) is 5.10 Å². The Labute approximate surface area is 135 Å². The largest absolute Gasteiger partial charge is 0.324 e. The van der Waals surface area contributed by atoms with E-state index in [9.17, 15) is 4.79 Å². The number of aromatic nitrogens is 2. The summed E-state index contributed by atoms with van der Waals surface area (Å²) in [4.78, 5) is 12.4. The van der Waals surface area contributed by atoms with E-state index in [4.69, 9.17) is 0 Å². The van der Waals surface area contributed by atoms with Gasteiger partial charge in [0.15, 0.2) is 0 Å². The van der Waals surface area contributed by atoms with E-state index >= 15 is 0 Å². The summed E-state index contributed by atoms with van der Waals surface area (Å²) in [5.74, 6) is -0.0748. The SMILES string of the molecule is C[C@@H](C(=O)Nc1ccccc1Cc1ccccc1)n1cccn1. The van der Waals surface area contributed by atoms with E-state index in [0.717, 1.165) is 17.7 Å². The summed E-state index contributed by atoms with van der Waals surface area (Å²) >= 11 is 0. The molecule has 1 atom stereocenters. The second kappa shape index (κ2) is 6.92. The summed E-state index contributed by atoms with van der Waals surface area (Å²) in [5, 5.41) is 7.14. The lowest BCUT2D eigenvalue weighted by Crippen LogP contribution is -2.24. The Bertz CT molecular complexity index is 766. The Hall–Kier alpha value is -2.88. The second-order valence-electron chi connectivity index (χ2n) is 5.47. The molecular weight excluding hydrogens is 286 g/mol. The van der Waals surface area contributed by atoms with Crippen LogP contribution in [-0.2, 0) is 11.2 Å². The molecular formula is C19H19N3O. The number of carbonyl (C=O) groups excluding carboxylic acids is 1. The fourth-order valence-electron chi connectivity index (χ4n) is 2.48. The minimum Gasteiger partial charge on any atom is -0.324 e. The van der Waals surface area contributed by atoms with Gasteiger partial charge in [0.2, 0.25) is 5.91 Å². The zero-order valence-electron chi connectivity index (χ0n) is 13.0. The van der Waals surface area contributed by atoms with Crippen LogP contribution in [0, 0.1) is 0 Å². The van der Waals surface area contributed by atoms with E-state index in [1.165, 1.54) is 5.56 Å². The number of carbonyl (C=O) groups is 1. The van der Waals surface area contributed by atoms with Gasteiger partial charge in [0.1, 0.15) is 6.04 Å². The molecule has 3 aromatic rings. The first-order chi connectivity index (χ1) is 11.2. The molecule has 116 valence electrons. The van der Waals surface area contributed by atoms with Gasteiger partial charge in [-0.05, 0) is 36.6 Å². The lowest BCUT2D eigenvalue weighted by atomic mass is 10.0. The maximum Gasteiger partial charge on any atom is 0.248 e. The number of amides is 1. The average molecular weight is 305 g/mol. The molecule has 1 N–H and O–H groups in total. The number of nitrogens with zero attached hydrogens (tertiary/aromatic N) is 2. The molecule has 4 nitrogen and oxygen atoms in total. The van der Waals surface area contributed by atoms with Crippen LogP contribution in [0.25, 0.3) is 0 Å². The fourth-order valence-corrected chi connectivity index (χ4v) is 2.48. The minimum absolute atomic E-state index is 0.0748. The lowest BCUT2D eigenvalue weighted by molar-refractivity contribution is -0.119. The highest BCUT2D eigenvalue weighted by Gasteiger charge is 2.16. The number of hydrogen-bond acceptors (Lipinski definition) is 2. The molecule has 0 saturated carbocycles. The van der Waals surface area contributed by atoms with Crippen molar-refractivity contribution < 1.29 is 4.79 Å². The van der Waals surface area contributed by atoms with Crippen molar-refractivity contribution in [3.63, 3.8) is 0 Å². The van der Waals surface area contributed by atoms with Crippen molar-refractivity contribution in [1.29, 1.82) is 0 Å². The zero-order valence-corrected chi connectivity index (χ0v) is 13.0. The molecule has 1 heterocycles. The third-order valence-electron chi connectivity index (χ3n) is 3.81. The van der Waals surface area contributed by atoms with Gasteiger partial charge < -0.3 is 5.32 Å². The van der Waals surface area contributed by atoms with E-state index in [2.05, 4.69) is 22.5 Å². The van der Waals surface area contributed by atoms with E-state index in [1.54, 1.807) is 17.1 Å². The number of benzene rings is 2. The molecule has 2 aromatic carbocycles. The second-order valence-corrected chi connectivity index (χ2v) is 5.47. The van der Waals surface area contributed by atoms with Gasteiger partial charge in [0, 0.05) is 18.1 Å². The quantitative estimate of drug-likeness (QED) is 0.781. The zero-order chi connectivity index (χ0) is 16.1. The van der Waals surface area contributed by atoms with Crippen molar-refractivity contribution in [3.05, 3.63) is 84.2 Å². The molecule has 0 aliphatic carbocycles. The third kappa shape index (κ3) is 3.66. The molecule has 0 unspecified atom stereocenters. The highest BCUT2D eigenvalue weighted by Crippen LogP contribution is 2.20. The van der Waals surface area contributed by atoms with Gasteiger partial charge in [-0.1, -0.05) is 48.5 Å². The van der Waals surface area contributed by atoms with Crippen LogP contribution in [0.4, 0.5) is 5.69 Å². The van der Waals surface area contributed by atoms with E-state index in [1.807, 2.05) is 55.5 Å². The molecule has 0 aliphatic rings. The fraction of sp³-hybridized carbons (Fsp3) is 0.158. The predicted molar refractivity (Wildman–Crippen MR) is 91.3 cm³/mol. The van der Waals surface area contributed by atoms with Crippen LogP contribution in [-0.4, -0.2) is 15.7 Å². The smallest absolute Gasteiger partial charge is 0.248 e. The van der Waals surface area contributed by atoms with E-state index in [-0.39, 0.29) is 11.9 Å². The summed E-state index contributed by atoms with van der Waals surface area (Å²) in [6, 6.07) is 19.6. The van der Waals surface area contributed by atoms with Crippen LogP contribution in [0.1, 0.15) is 24.1 Å². The van der Waals surface area contributed by atoms with Crippen molar-refractivity contribution >= 4 is 11.6 Å². The third-order valence-corrected chi connectivity index (χ3v) is 3.81. The molecule has 4 heteroatoms. The molecule has 0 aliphatic heterocycles. The van der Waals surface area contributed by atoms with Gasteiger partial charge in [-0.3, -0.25) is 9.48 Å². The van der Waals surface area contributed by atoms with Gasteiger partial charge in [0.05, 0.1) is 0 Å². The summed E-state index contributed by atoms with van der Waals surface area (Å²) in [6.45, 7) is 1.84. The van der Waals surface area contributed by atoms with Crippen molar-refractivity contribution in [2.24, 2.45) is 0 Å². The van der Waals surface area contributed by atoms with Gasteiger partial charge in [-0.25, -0.2) is 0 Å². The summed E-state index contributed by atoms with van der Waals surface area (Å²) in [7, 11) is 0. The van der Waals surface area contributed by atoms with Crippen LogP contribution in [0.3, 0.4) is 0 Å². The normalized spacial score (nSPS) is 11.9. The first kappa shape index (κ1) is 15.0. The maximum atomic E-state index is 12.4. The number of para-hydroxylation sites is 1. The Balaban J connectivity index is 1.76. The van der Waals surface area contributed by atoms with Crippen LogP contribution in [0.2, 0.25) is 0 Å². The van der Waals surface area contributed by atoms with Gasteiger partial charge in [-0.15, -0.1) is 0 Å². The first-order valence-corrected chi connectivity index (χ1v) is 7.66. The molecule has 0 spiro atoms. The molecule has 0 saturated heterocycles. The standard InChI is InChI=1S/C19H19N3O/c1-15(22-13-7-12-20-22)19(23)21-18-11-6-5-10-17(18)14-16-8-3-2-4-9-16/h2-13,15H,14H2,1H3,(H,21,23)/t15-/m0/s1. The van der Waals surface area contributed by atoms with Crippen molar-refractivity contribution in [3.8, 4) is 0 Å². The number of rotatable bonds is 5. The summed E-state index contributed by atoms with van der Waals surface area (Å²) in [5.41, 5.74) is 3.16. The predicted octanol–water partition coefficient (Wildman–Crippen LogP) is 3.67. The average Bonchev–Trinajstić information content (AvgIpc) is 3.11. The highest BCUT2D eigenvalue weighted by molar-refractivity contribution is 5.94. The van der Waals surface area contributed by atoms with Crippen LogP contribution in [0.5, 0.6) is 0 Å². The monoisotopic (exact) mass is 305 g/mol. The molecule has 0 fully saturated rings. The topological polar surface area (TPSA) is 46.9 Å². The van der Waals surface area contributed by atoms with Crippen molar-refractivity contribution in [1.82, 2.24) is 9.78 Å². The molecule has 3 rings (SSSR count). The Morgan fingerprint density at radius 1 is 1.09 bits per heavy atom.